The molecule has 0 saturated carbocycles. The fourth-order valence-electron chi connectivity index (χ4n) is 9.29. The van der Waals surface area contributed by atoms with Crippen molar-refractivity contribution in [3.63, 3.8) is 0 Å². The highest BCUT2D eigenvalue weighted by Gasteiger charge is 2.30. The van der Waals surface area contributed by atoms with E-state index in [0.29, 0.717) is 23.9 Å². The fourth-order valence-corrected chi connectivity index (χ4v) is 10.0. The number of rotatable bonds is 57. The molecule has 0 aromatic heterocycles. The van der Waals surface area contributed by atoms with Gasteiger partial charge in [-0.25, -0.2) is 4.57 Å². The van der Waals surface area contributed by atoms with E-state index < -0.39 is 20.0 Å². The van der Waals surface area contributed by atoms with Gasteiger partial charge in [-0.15, -0.1) is 0 Å². The van der Waals surface area contributed by atoms with Crippen LogP contribution in [0.25, 0.3) is 0 Å². The number of quaternary nitrogens is 1. The molecule has 3 unspecified atom stereocenters. The first-order valence-electron chi connectivity index (χ1n) is 31.2. The molecule has 0 heterocycles. The summed E-state index contributed by atoms with van der Waals surface area (Å²) in [4.78, 5) is 37.7. The van der Waals surface area contributed by atoms with E-state index in [1.165, 1.54) is 199 Å². The van der Waals surface area contributed by atoms with E-state index in [2.05, 4.69) is 38.2 Å². The number of ether oxygens (including phenoxy) is 1. The highest BCUT2D eigenvalue weighted by atomic mass is 31.2. The third kappa shape index (κ3) is 53.3. The van der Waals surface area contributed by atoms with E-state index in [1.54, 1.807) is 0 Å². The first kappa shape index (κ1) is 70.5. The second-order valence-electron chi connectivity index (χ2n) is 22.6. The van der Waals surface area contributed by atoms with Crippen LogP contribution in [0.2, 0.25) is 0 Å². The molecule has 0 radical (unpaired) electrons. The number of hydrogen-bond acceptors (Lipinski definition) is 6. The molecule has 10 heteroatoms. The molecule has 1 amide bonds. The lowest BCUT2D eigenvalue weighted by Crippen LogP contribution is -2.47. The summed E-state index contributed by atoms with van der Waals surface area (Å²) >= 11 is 0. The smallest absolute Gasteiger partial charge is 0.456 e. The number of phosphoric acid groups is 1. The molecule has 0 aromatic rings. The summed E-state index contributed by atoms with van der Waals surface area (Å²) in [5.74, 6) is -0.498. The van der Waals surface area contributed by atoms with Crippen LogP contribution >= 0.6 is 7.82 Å². The average Bonchev–Trinajstić information content (AvgIpc) is 3.34. The summed E-state index contributed by atoms with van der Waals surface area (Å²) < 4.78 is 30.7. The molecule has 426 valence electrons. The minimum absolute atomic E-state index is 0.0421. The van der Waals surface area contributed by atoms with Gasteiger partial charge in [-0.2, -0.15) is 0 Å². The third-order valence-electron chi connectivity index (χ3n) is 14.1. The van der Waals surface area contributed by atoms with Crippen molar-refractivity contribution in [2.75, 3.05) is 40.9 Å². The van der Waals surface area contributed by atoms with Gasteiger partial charge < -0.3 is 19.4 Å². The van der Waals surface area contributed by atoms with Crippen molar-refractivity contribution in [2.24, 2.45) is 0 Å². The molecule has 0 fully saturated rings. The van der Waals surface area contributed by atoms with Crippen LogP contribution in [0.4, 0.5) is 0 Å². The first-order valence-corrected chi connectivity index (χ1v) is 32.7. The molecular formula is C62H122N2O7P+. The van der Waals surface area contributed by atoms with Gasteiger partial charge in [0.2, 0.25) is 5.91 Å². The van der Waals surface area contributed by atoms with Crippen LogP contribution in [-0.2, 0) is 27.9 Å². The Bertz CT molecular complexity index is 1290. The van der Waals surface area contributed by atoms with Crippen molar-refractivity contribution in [1.82, 2.24) is 5.32 Å². The molecule has 3 atom stereocenters. The number of hydrogen-bond donors (Lipinski definition) is 2. The minimum Gasteiger partial charge on any atom is -0.456 e. The van der Waals surface area contributed by atoms with Crippen LogP contribution in [-0.4, -0.2) is 74.3 Å². The molecule has 0 bridgehead atoms. The van der Waals surface area contributed by atoms with Gasteiger partial charge >= 0.3 is 13.8 Å². The summed E-state index contributed by atoms with van der Waals surface area (Å²) in [6.45, 7) is 7.05. The van der Waals surface area contributed by atoms with Crippen LogP contribution in [0.1, 0.15) is 310 Å². The number of esters is 1. The van der Waals surface area contributed by atoms with Gasteiger partial charge in [0.15, 0.2) is 0 Å². The molecule has 0 rings (SSSR count). The number of unbranched alkanes of at least 4 members (excludes halogenated alkanes) is 39. The summed E-state index contributed by atoms with van der Waals surface area (Å²) in [6, 6.07) is -0.846. The molecule has 2 N–H and O–H groups in total. The number of allylic oxidation sites excluding steroid dienone is 3. The highest BCUT2D eigenvalue weighted by Crippen LogP contribution is 2.43. The van der Waals surface area contributed by atoms with Gasteiger partial charge in [0.05, 0.1) is 33.8 Å². The molecule has 9 nitrogen and oxygen atoms in total. The zero-order valence-corrected chi connectivity index (χ0v) is 49.6. The zero-order chi connectivity index (χ0) is 52.9. The van der Waals surface area contributed by atoms with E-state index in [0.717, 1.165) is 77.0 Å². The third-order valence-corrected chi connectivity index (χ3v) is 15.1. The number of nitrogens with one attached hydrogen (secondary N) is 1. The Morgan fingerprint density at radius 2 is 0.806 bits per heavy atom. The molecule has 0 aliphatic heterocycles. The topological polar surface area (TPSA) is 111 Å². The second-order valence-corrected chi connectivity index (χ2v) is 24.0. The van der Waals surface area contributed by atoms with E-state index in [-0.39, 0.29) is 25.1 Å². The van der Waals surface area contributed by atoms with Gasteiger partial charge in [-0.3, -0.25) is 18.6 Å². The second kappa shape index (κ2) is 52.9. The summed E-state index contributed by atoms with van der Waals surface area (Å²) in [6.07, 6.45) is 61.6. The van der Waals surface area contributed by atoms with E-state index >= 15 is 0 Å². The molecule has 0 saturated heterocycles. The molecule has 0 spiro atoms. The standard InChI is InChI=1S/C62H121N2O7P/c1-7-10-13-16-19-22-25-28-30-32-34-37-40-43-46-49-52-55-62(66)71-60(53-50-47-44-41-38-35-27-24-21-18-15-12-9-3)59(58-70-72(67,68)69-57-56-64(4,5)6)63-61(65)54-51-48-45-42-39-36-33-31-29-26-23-20-17-14-11-8-2/h31,33,50,53,59-60H,7-30,32,34-49,51-52,54-58H2,1-6H3,(H-,63,65,67,68)/p+1/b33-31+,53-50+. The SMILES string of the molecule is CCCCCCCCC/C=C/CCCCCCCC(=O)NC(COP(=O)(O)OCC[N+](C)(C)C)C(/C=C/CCCCCCCCCCCCC)OC(=O)CCCCCCCCCCCCCCCCCCC. The molecule has 0 aromatic carbocycles. The van der Waals surface area contributed by atoms with E-state index in [9.17, 15) is 19.0 Å². The number of phosphoric ester groups is 1. The van der Waals surface area contributed by atoms with Crippen molar-refractivity contribution >= 4 is 19.7 Å². The highest BCUT2D eigenvalue weighted by molar-refractivity contribution is 7.47. The molecule has 0 aliphatic rings. The first-order chi connectivity index (χ1) is 34.9. The van der Waals surface area contributed by atoms with Crippen LogP contribution in [0.15, 0.2) is 24.3 Å². The predicted octanol–water partition coefficient (Wildman–Crippen LogP) is 18.9. The maximum atomic E-state index is 13.5. The van der Waals surface area contributed by atoms with Crippen molar-refractivity contribution in [3.8, 4) is 0 Å². The normalized spacial score (nSPS) is 13.8. The molecular weight excluding hydrogens is 916 g/mol. The van der Waals surface area contributed by atoms with Gasteiger partial charge in [0, 0.05) is 12.8 Å². The summed E-state index contributed by atoms with van der Waals surface area (Å²) in [5.41, 5.74) is 0. The largest absolute Gasteiger partial charge is 0.472 e. The Morgan fingerprint density at radius 1 is 0.472 bits per heavy atom. The summed E-state index contributed by atoms with van der Waals surface area (Å²) in [5, 5.41) is 3.06. The van der Waals surface area contributed by atoms with Gasteiger partial charge in [-0.05, 0) is 57.4 Å². The zero-order valence-electron chi connectivity index (χ0n) is 48.7. The van der Waals surface area contributed by atoms with Crippen molar-refractivity contribution in [1.29, 1.82) is 0 Å². The number of carbonyl (C=O) groups excluding carboxylic acids is 2. The lowest BCUT2D eigenvalue weighted by atomic mass is 10.0. The number of carbonyl (C=O) groups is 2. The Labute approximate surface area is 447 Å². The molecule has 0 aliphatic carbocycles. The van der Waals surface area contributed by atoms with Crippen LogP contribution < -0.4 is 5.32 Å². The number of nitrogens with zero attached hydrogens (tertiary/aromatic N) is 1. The maximum Gasteiger partial charge on any atom is 0.472 e. The lowest BCUT2D eigenvalue weighted by molar-refractivity contribution is -0.870. The van der Waals surface area contributed by atoms with E-state index in [1.807, 2.05) is 33.3 Å². The number of amides is 1. The Kier molecular flexibility index (Phi) is 51.8. The van der Waals surface area contributed by atoms with Crippen LogP contribution in [0.3, 0.4) is 0 Å². The molecule has 72 heavy (non-hydrogen) atoms. The van der Waals surface area contributed by atoms with Crippen LogP contribution in [0.5, 0.6) is 0 Å². The van der Waals surface area contributed by atoms with E-state index in [4.69, 9.17) is 13.8 Å². The van der Waals surface area contributed by atoms with Crippen molar-refractivity contribution in [2.45, 2.75) is 322 Å². The van der Waals surface area contributed by atoms with Crippen molar-refractivity contribution < 1.29 is 37.3 Å². The lowest BCUT2D eigenvalue weighted by Gasteiger charge is -2.27. The van der Waals surface area contributed by atoms with Gasteiger partial charge in [0.1, 0.15) is 19.3 Å². The van der Waals surface area contributed by atoms with Gasteiger partial charge in [-0.1, -0.05) is 264 Å². The summed E-state index contributed by atoms with van der Waals surface area (Å²) in [7, 11) is 1.51. The average molecular weight is 1040 g/mol. The fraction of sp³-hybridized carbons (Fsp3) is 0.903. The Balaban J connectivity index is 5.28. The van der Waals surface area contributed by atoms with Crippen molar-refractivity contribution in [3.05, 3.63) is 24.3 Å². The predicted molar refractivity (Wildman–Crippen MR) is 310 cm³/mol. The Morgan fingerprint density at radius 3 is 1.18 bits per heavy atom. The maximum absolute atomic E-state index is 13.5. The Hall–Kier alpha value is -1.51. The minimum atomic E-state index is -4.44. The number of likely N-dealkylation sites (N-methyl/N-ethyl adjacent to an activating group) is 1. The van der Waals surface area contributed by atoms with Gasteiger partial charge in [0.25, 0.3) is 0 Å². The quantitative estimate of drug-likeness (QED) is 0.0205. The van der Waals surface area contributed by atoms with Crippen LogP contribution in [0, 0.1) is 0 Å². The monoisotopic (exact) mass is 1040 g/mol.